The molecule has 90 valence electrons. The minimum atomic E-state index is -0.144. The van der Waals surface area contributed by atoms with Gasteiger partial charge in [-0.15, -0.1) is 0 Å². The Hall–Kier alpha value is -0.530. The Kier molecular flexibility index (Phi) is 5.86. The van der Waals surface area contributed by atoms with Crippen LogP contribution in [0, 0.1) is 6.92 Å². The fourth-order valence-corrected chi connectivity index (χ4v) is 2.19. The summed E-state index contributed by atoms with van der Waals surface area (Å²) in [7, 11) is 0. The van der Waals surface area contributed by atoms with Gasteiger partial charge in [0.25, 0.3) is 0 Å². The van der Waals surface area contributed by atoms with E-state index in [-0.39, 0.29) is 6.10 Å². The van der Waals surface area contributed by atoms with Crippen LogP contribution >= 0.6 is 11.6 Å². The van der Waals surface area contributed by atoms with E-state index < -0.39 is 0 Å². The smallest absolute Gasteiger partial charge is 0.0540 e. The first kappa shape index (κ1) is 13.5. The maximum Gasteiger partial charge on any atom is 0.0540 e. The second-order valence-electron chi connectivity index (χ2n) is 4.43. The number of aliphatic hydroxyl groups is 1. The third-order valence-electron chi connectivity index (χ3n) is 2.81. The largest absolute Gasteiger partial charge is 0.393 e. The number of hydrogen-bond acceptors (Lipinski definition) is 1. The molecular weight excluding hydrogens is 220 g/mol. The van der Waals surface area contributed by atoms with Crippen LogP contribution in [0.1, 0.15) is 43.7 Å². The van der Waals surface area contributed by atoms with Crippen molar-refractivity contribution in [1.82, 2.24) is 0 Å². The van der Waals surface area contributed by atoms with Gasteiger partial charge in [-0.3, -0.25) is 0 Å². The first-order valence-corrected chi connectivity index (χ1v) is 6.44. The Bertz CT molecular complexity index is 323. The zero-order valence-electron chi connectivity index (χ0n) is 10.2. The highest BCUT2D eigenvalue weighted by molar-refractivity contribution is 6.31. The summed E-state index contributed by atoms with van der Waals surface area (Å²) in [5.41, 5.74) is 2.38. The zero-order chi connectivity index (χ0) is 12.0. The van der Waals surface area contributed by atoms with Crippen molar-refractivity contribution in [2.24, 2.45) is 0 Å². The van der Waals surface area contributed by atoms with Crippen molar-refractivity contribution < 1.29 is 5.11 Å². The van der Waals surface area contributed by atoms with E-state index >= 15 is 0 Å². The highest BCUT2D eigenvalue weighted by Gasteiger charge is 2.04. The van der Waals surface area contributed by atoms with Crippen LogP contribution in [-0.4, -0.2) is 11.2 Å². The maximum absolute atomic E-state index is 9.61. The van der Waals surface area contributed by atoms with Crippen molar-refractivity contribution in [2.45, 2.75) is 52.1 Å². The molecule has 0 amide bonds. The molecule has 2 heteroatoms. The van der Waals surface area contributed by atoms with Crippen LogP contribution in [0.25, 0.3) is 0 Å². The summed E-state index contributed by atoms with van der Waals surface area (Å²) < 4.78 is 0. The topological polar surface area (TPSA) is 20.2 Å². The average molecular weight is 241 g/mol. The van der Waals surface area contributed by atoms with Gasteiger partial charge < -0.3 is 5.11 Å². The van der Waals surface area contributed by atoms with Gasteiger partial charge in [0.2, 0.25) is 0 Å². The normalized spacial score (nSPS) is 12.8. The van der Waals surface area contributed by atoms with Gasteiger partial charge >= 0.3 is 0 Å². The molecule has 1 N–H and O–H groups in total. The molecule has 0 aromatic heterocycles. The summed E-state index contributed by atoms with van der Waals surface area (Å²) in [5, 5.41) is 10.5. The molecule has 1 aromatic rings. The van der Waals surface area contributed by atoms with Gasteiger partial charge in [0.1, 0.15) is 0 Å². The molecule has 0 aliphatic heterocycles. The number of aryl methyl sites for hydroxylation is 2. The van der Waals surface area contributed by atoms with Gasteiger partial charge in [0.15, 0.2) is 0 Å². The highest BCUT2D eigenvalue weighted by atomic mass is 35.5. The lowest BCUT2D eigenvalue weighted by Crippen LogP contribution is -2.05. The predicted octanol–water partition coefficient (Wildman–Crippen LogP) is 4.13. The summed E-state index contributed by atoms with van der Waals surface area (Å²) in [4.78, 5) is 0. The molecule has 0 bridgehead atoms. The molecule has 1 aromatic carbocycles. The van der Waals surface area contributed by atoms with E-state index in [0.29, 0.717) is 0 Å². The molecule has 1 rings (SSSR count). The molecule has 16 heavy (non-hydrogen) atoms. The van der Waals surface area contributed by atoms with E-state index in [0.717, 1.165) is 37.1 Å². The lowest BCUT2D eigenvalue weighted by Gasteiger charge is -2.09. The van der Waals surface area contributed by atoms with Crippen LogP contribution in [0.4, 0.5) is 0 Å². The van der Waals surface area contributed by atoms with Crippen LogP contribution in [0.2, 0.25) is 5.02 Å². The lowest BCUT2D eigenvalue weighted by atomic mass is 10.0. The van der Waals surface area contributed by atoms with Crippen molar-refractivity contribution in [2.75, 3.05) is 0 Å². The number of hydrogen-bond donors (Lipinski definition) is 1. The fourth-order valence-electron chi connectivity index (χ4n) is 1.86. The second-order valence-corrected chi connectivity index (χ2v) is 4.84. The van der Waals surface area contributed by atoms with Crippen LogP contribution in [0.3, 0.4) is 0 Å². The quantitative estimate of drug-likeness (QED) is 0.793. The van der Waals surface area contributed by atoms with Crippen molar-refractivity contribution in [3.05, 3.63) is 34.3 Å². The molecule has 0 heterocycles. The van der Waals surface area contributed by atoms with E-state index in [1.807, 2.05) is 13.0 Å². The predicted molar refractivity (Wildman–Crippen MR) is 70.0 cm³/mol. The Balaban J connectivity index is 2.37. The van der Waals surface area contributed by atoms with Gasteiger partial charge in [-0.05, 0) is 49.8 Å². The van der Waals surface area contributed by atoms with Crippen molar-refractivity contribution in [1.29, 1.82) is 0 Å². The molecule has 0 saturated carbocycles. The van der Waals surface area contributed by atoms with Gasteiger partial charge in [-0.25, -0.2) is 0 Å². The average Bonchev–Trinajstić information content (AvgIpc) is 2.22. The summed E-state index contributed by atoms with van der Waals surface area (Å²) >= 11 is 6.14. The van der Waals surface area contributed by atoms with E-state index in [1.54, 1.807) is 0 Å². The second kappa shape index (κ2) is 6.93. The van der Waals surface area contributed by atoms with Gasteiger partial charge in [0.05, 0.1) is 6.10 Å². The SMILES string of the molecule is CCCC(O)CCCc1ccc(C)cc1Cl. The Labute approximate surface area is 103 Å². The zero-order valence-corrected chi connectivity index (χ0v) is 10.9. The Morgan fingerprint density at radius 1 is 1.31 bits per heavy atom. The summed E-state index contributed by atoms with van der Waals surface area (Å²) in [6, 6.07) is 6.17. The maximum atomic E-state index is 9.61. The molecule has 1 nitrogen and oxygen atoms in total. The van der Waals surface area contributed by atoms with Crippen LogP contribution < -0.4 is 0 Å². The summed E-state index contributed by atoms with van der Waals surface area (Å²) in [5.74, 6) is 0. The molecule has 0 saturated heterocycles. The molecule has 0 fully saturated rings. The van der Waals surface area contributed by atoms with Crippen LogP contribution in [0.15, 0.2) is 18.2 Å². The number of halogens is 1. The monoisotopic (exact) mass is 240 g/mol. The van der Waals surface area contributed by atoms with Gasteiger partial charge in [0, 0.05) is 5.02 Å². The minimum absolute atomic E-state index is 0.144. The van der Waals surface area contributed by atoms with Crippen molar-refractivity contribution >= 4 is 11.6 Å². The Morgan fingerprint density at radius 2 is 2.06 bits per heavy atom. The molecule has 0 aliphatic carbocycles. The van der Waals surface area contributed by atoms with Gasteiger partial charge in [-0.2, -0.15) is 0 Å². The van der Waals surface area contributed by atoms with Crippen molar-refractivity contribution in [3.63, 3.8) is 0 Å². The molecule has 1 unspecified atom stereocenters. The highest BCUT2D eigenvalue weighted by Crippen LogP contribution is 2.20. The lowest BCUT2D eigenvalue weighted by molar-refractivity contribution is 0.151. The first-order valence-electron chi connectivity index (χ1n) is 6.06. The summed E-state index contributed by atoms with van der Waals surface area (Å²) in [6.07, 6.45) is 4.64. The number of rotatable bonds is 6. The molecule has 0 spiro atoms. The molecule has 0 radical (unpaired) electrons. The van der Waals surface area contributed by atoms with E-state index in [2.05, 4.69) is 19.1 Å². The minimum Gasteiger partial charge on any atom is -0.393 e. The van der Waals surface area contributed by atoms with Crippen LogP contribution in [0.5, 0.6) is 0 Å². The summed E-state index contributed by atoms with van der Waals surface area (Å²) in [6.45, 7) is 4.14. The van der Waals surface area contributed by atoms with Gasteiger partial charge in [-0.1, -0.05) is 37.1 Å². The Morgan fingerprint density at radius 3 is 2.69 bits per heavy atom. The molecule has 1 atom stereocenters. The third-order valence-corrected chi connectivity index (χ3v) is 3.17. The number of benzene rings is 1. The van der Waals surface area contributed by atoms with E-state index in [4.69, 9.17) is 11.6 Å². The van der Waals surface area contributed by atoms with Crippen molar-refractivity contribution in [3.8, 4) is 0 Å². The molecular formula is C14H21ClO. The molecule has 0 aliphatic rings. The van der Waals surface area contributed by atoms with E-state index in [1.165, 1.54) is 11.1 Å². The number of aliphatic hydroxyl groups excluding tert-OH is 1. The van der Waals surface area contributed by atoms with E-state index in [9.17, 15) is 5.11 Å². The third kappa shape index (κ3) is 4.54. The fraction of sp³-hybridized carbons (Fsp3) is 0.571. The van der Waals surface area contributed by atoms with Crippen LogP contribution in [-0.2, 0) is 6.42 Å². The standard InChI is InChI=1S/C14H21ClO/c1-3-5-13(16)7-4-6-12-9-8-11(2)10-14(12)15/h8-10,13,16H,3-7H2,1-2H3. The first-order chi connectivity index (χ1) is 7.63.